The van der Waals surface area contributed by atoms with Crippen molar-refractivity contribution in [3.05, 3.63) is 35.9 Å². The van der Waals surface area contributed by atoms with Gasteiger partial charge in [-0.2, -0.15) is 5.26 Å². The van der Waals surface area contributed by atoms with Crippen LogP contribution in [-0.2, 0) is 6.42 Å². The average Bonchev–Trinajstić information content (AvgIpc) is 2.38. The van der Waals surface area contributed by atoms with Crippen LogP contribution in [0.2, 0.25) is 0 Å². The maximum atomic E-state index is 8.75. The van der Waals surface area contributed by atoms with E-state index in [1.807, 2.05) is 6.07 Å². The summed E-state index contributed by atoms with van der Waals surface area (Å²) in [5.74, 6) is 0. The second-order valence-corrected chi connectivity index (χ2v) is 4.43. The molecule has 0 aliphatic carbocycles. The Kier molecular flexibility index (Phi) is 6.35. The van der Waals surface area contributed by atoms with Gasteiger partial charge in [-0.3, -0.25) is 0 Å². The summed E-state index contributed by atoms with van der Waals surface area (Å²) in [5, 5.41) is 12.3. The first kappa shape index (κ1) is 13.7. The monoisotopic (exact) mass is 230 g/mol. The summed E-state index contributed by atoms with van der Waals surface area (Å²) in [6, 6.07) is 13.6. The molecule has 1 aromatic carbocycles. The van der Waals surface area contributed by atoms with E-state index in [1.165, 1.54) is 5.56 Å². The molecule has 0 radical (unpaired) electrons. The molecule has 2 nitrogen and oxygen atoms in total. The van der Waals surface area contributed by atoms with E-state index in [4.69, 9.17) is 5.26 Å². The molecule has 0 fully saturated rings. The van der Waals surface area contributed by atoms with Crippen molar-refractivity contribution in [1.82, 2.24) is 5.32 Å². The van der Waals surface area contributed by atoms with Crippen LogP contribution in [-0.4, -0.2) is 12.1 Å². The minimum Gasteiger partial charge on any atom is -0.310 e. The Bertz CT molecular complexity index is 340. The van der Waals surface area contributed by atoms with Crippen LogP contribution in [0.5, 0.6) is 0 Å². The Balaban J connectivity index is 2.51. The van der Waals surface area contributed by atoms with Crippen molar-refractivity contribution in [2.24, 2.45) is 0 Å². The molecule has 0 aliphatic rings. The van der Waals surface area contributed by atoms with Gasteiger partial charge >= 0.3 is 0 Å². The molecule has 0 bridgehead atoms. The van der Waals surface area contributed by atoms with Crippen LogP contribution < -0.4 is 5.32 Å². The van der Waals surface area contributed by atoms with Crippen molar-refractivity contribution in [2.75, 3.05) is 0 Å². The summed E-state index contributed by atoms with van der Waals surface area (Å²) in [6.07, 6.45) is 3.75. The summed E-state index contributed by atoms with van der Waals surface area (Å²) < 4.78 is 0. The molecule has 1 aromatic rings. The Hall–Kier alpha value is -1.33. The fraction of sp³-hybridized carbons (Fsp3) is 0.533. The quantitative estimate of drug-likeness (QED) is 0.780. The number of benzene rings is 1. The van der Waals surface area contributed by atoms with Crippen molar-refractivity contribution < 1.29 is 0 Å². The zero-order valence-electron chi connectivity index (χ0n) is 10.8. The van der Waals surface area contributed by atoms with Crippen molar-refractivity contribution in [3.8, 4) is 6.07 Å². The van der Waals surface area contributed by atoms with Gasteiger partial charge in [0, 0.05) is 12.1 Å². The van der Waals surface area contributed by atoms with Crippen LogP contribution >= 0.6 is 0 Å². The molecule has 0 spiro atoms. The molecule has 0 aromatic heterocycles. The summed E-state index contributed by atoms with van der Waals surface area (Å²) in [6.45, 7) is 4.32. The normalized spacial score (nSPS) is 13.9. The Morgan fingerprint density at radius 1 is 1.12 bits per heavy atom. The zero-order chi connectivity index (χ0) is 12.5. The molecule has 0 heterocycles. The number of nitrogens with one attached hydrogen (secondary N) is 1. The topological polar surface area (TPSA) is 35.8 Å². The Morgan fingerprint density at radius 3 is 2.29 bits per heavy atom. The number of nitriles is 1. The standard InChI is InChI=1S/C15H22N2/c1-3-14(10-11-16)17-15(4-2)12-13-8-6-5-7-9-13/h5-9,14-15,17H,3-4,10,12H2,1-2H3. The van der Waals surface area contributed by atoms with Gasteiger partial charge < -0.3 is 5.32 Å². The van der Waals surface area contributed by atoms with E-state index in [2.05, 4.69) is 49.5 Å². The highest BCUT2D eigenvalue weighted by Crippen LogP contribution is 2.08. The molecule has 2 atom stereocenters. The van der Waals surface area contributed by atoms with Crippen LogP contribution in [0.3, 0.4) is 0 Å². The maximum Gasteiger partial charge on any atom is 0.0638 e. The van der Waals surface area contributed by atoms with Crippen LogP contribution in [0.25, 0.3) is 0 Å². The number of rotatable bonds is 7. The molecule has 1 rings (SSSR count). The highest BCUT2D eigenvalue weighted by atomic mass is 14.9. The van der Waals surface area contributed by atoms with Crippen LogP contribution in [0.15, 0.2) is 30.3 Å². The first-order valence-electron chi connectivity index (χ1n) is 6.47. The maximum absolute atomic E-state index is 8.75. The van der Waals surface area contributed by atoms with Crippen molar-refractivity contribution in [2.45, 2.75) is 51.6 Å². The smallest absolute Gasteiger partial charge is 0.0638 e. The molecule has 1 N–H and O–H groups in total. The SMILES string of the molecule is CCC(CC#N)NC(CC)Cc1ccccc1. The minimum absolute atomic E-state index is 0.327. The molecular weight excluding hydrogens is 208 g/mol. The fourth-order valence-electron chi connectivity index (χ4n) is 1.98. The number of hydrogen-bond donors (Lipinski definition) is 1. The van der Waals surface area contributed by atoms with E-state index in [-0.39, 0.29) is 0 Å². The average molecular weight is 230 g/mol. The highest BCUT2D eigenvalue weighted by Gasteiger charge is 2.12. The Morgan fingerprint density at radius 2 is 1.76 bits per heavy atom. The van der Waals surface area contributed by atoms with Crippen molar-refractivity contribution in [3.63, 3.8) is 0 Å². The predicted molar refractivity (Wildman–Crippen MR) is 71.7 cm³/mol. The summed E-state index contributed by atoms with van der Waals surface area (Å²) >= 11 is 0. The van der Waals surface area contributed by atoms with Gasteiger partial charge in [0.1, 0.15) is 0 Å². The molecule has 0 saturated heterocycles. The molecule has 0 amide bonds. The molecule has 2 heteroatoms. The first-order valence-corrected chi connectivity index (χ1v) is 6.47. The van der Waals surface area contributed by atoms with Crippen molar-refractivity contribution in [1.29, 1.82) is 5.26 Å². The molecule has 17 heavy (non-hydrogen) atoms. The lowest BCUT2D eigenvalue weighted by Crippen LogP contribution is -2.38. The third kappa shape index (κ3) is 5.01. The van der Waals surface area contributed by atoms with E-state index >= 15 is 0 Å². The van der Waals surface area contributed by atoms with E-state index in [1.54, 1.807) is 0 Å². The number of nitrogens with zero attached hydrogens (tertiary/aromatic N) is 1. The van der Waals surface area contributed by atoms with Gasteiger partial charge in [0.25, 0.3) is 0 Å². The van der Waals surface area contributed by atoms with E-state index in [0.717, 1.165) is 19.3 Å². The van der Waals surface area contributed by atoms with E-state index < -0.39 is 0 Å². The first-order chi connectivity index (χ1) is 8.30. The van der Waals surface area contributed by atoms with E-state index in [0.29, 0.717) is 18.5 Å². The zero-order valence-corrected chi connectivity index (χ0v) is 10.8. The number of hydrogen-bond acceptors (Lipinski definition) is 2. The van der Waals surface area contributed by atoms with Gasteiger partial charge in [-0.05, 0) is 24.8 Å². The summed E-state index contributed by atoms with van der Waals surface area (Å²) in [5.41, 5.74) is 1.36. The van der Waals surface area contributed by atoms with Gasteiger partial charge in [0.15, 0.2) is 0 Å². The molecule has 92 valence electrons. The summed E-state index contributed by atoms with van der Waals surface area (Å²) in [4.78, 5) is 0. The highest BCUT2D eigenvalue weighted by molar-refractivity contribution is 5.15. The van der Waals surface area contributed by atoms with Crippen LogP contribution in [0.4, 0.5) is 0 Å². The van der Waals surface area contributed by atoms with E-state index in [9.17, 15) is 0 Å². The summed E-state index contributed by atoms with van der Waals surface area (Å²) in [7, 11) is 0. The van der Waals surface area contributed by atoms with Gasteiger partial charge in [-0.25, -0.2) is 0 Å². The lowest BCUT2D eigenvalue weighted by molar-refractivity contribution is 0.408. The minimum atomic E-state index is 0.327. The van der Waals surface area contributed by atoms with Crippen LogP contribution in [0, 0.1) is 11.3 Å². The predicted octanol–water partition coefficient (Wildman–Crippen LogP) is 3.29. The molecule has 0 aliphatic heterocycles. The molecule has 0 saturated carbocycles. The lowest BCUT2D eigenvalue weighted by atomic mass is 10.0. The lowest BCUT2D eigenvalue weighted by Gasteiger charge is -2.22. The second-order valence-electron chi connectivity index (χ2n) is 4.43. The van der Waals surface area contributed by atoms with Crippen molar-refractivity contribution >= 4 is 0 Å². The third-order valence-corrected chi connectivity index (χ3v) is 3.12. The van der Waals surface area contributed by atoms with Gasteiger partial charge in [0.2, 0.25) is 0 Å². The molecular formula is C15H22N2. The van der Waals surface area contributed by atoms with Crippen LogP contribution in [0.1, 0.15) is 38.7 Å². The third-order valence-electron chi connectivity index (χ3n) is 3.12. The second kappa shape index (κ2) is 7.86. The van der Waals surface area contributed by atoms with Gasteiger partial charge in [-0.15, -0.1) is 0 Å². The fourth-order valence-corrected chi connectivity index (χ4v) is 1.98. The van der Waals surface area contributed by atoms with Gasteiger partial charge in [0.05, 0.1) is 12.5 Å². The largest absolute Gasteiger partial charge is 0.310 e. The molecule has 2 unspecified atom stereocenters. The van der Waals surface area contributed by atoms with Gasteiger partial charge in [-0.1, -0.05) is 44.2 Å². The Labute approximate surface area is 105 Å².